The van der Waals surface area contributed by atoms with Gasteiger partial charge in [-0.3, -0.25) is 38.6 Å². The number of carbonyl (C=O) groups is 7. The molecule has 1 saturated heterocycles. The first-order valence-corrected chi connectivity index (χ1v) is 22.9. The number of nitrogens with zero attached hydrogens (tertiary/aromatic N) is 1. The lowest BCUT2D eigenvalue weighted by atomic mass is 9.72. The number of aromatic nitrogens is 1. The summed E-state index contributed by atoms with van der Waals surface area (Å²) in [5.74, 6) is -5.07. The Morgan fingerprint density at radius 2 is 1.60 bits per heavy atom. The summed E-state index contributed by atoms with van der Waals surface area (Å²) in [4.78, 5) is 103. The van der Waals surface area contributed by atoms with E-state index in [1.807, 2.05) is 54.6 Å². The molecular weight excluding hydrogens is 847 g/mol. The van der Waals surface area contributed by atoms with Crippen molar-refractivity contribution in [3.63, 3.8) is 0 Å². The maximum absolute atomic E-state index is 14.5. The summed E-state index contributed by atoms with van der Waals surface area (Å²) in [5, 5.41) is 17.0. The first-order valence-electron chi connectivity index (χ1n) is 20.6. The van der Waals surface area contributed by atoms with Crippen LogP contribution in [-0.4, -0.2) is 106 Å². The van der Waals surface area contributed by atoms with E-state index < -0.39 is 82.9 Å². The standard InChI is InChI=1S/C43H57N11O7S2/c1-24(55)50-33-23-62-63-42(2,3)35(36(44)57)54-40(61)32(20-26-21-48-29-12-6-5-11-28(26)29)53-38(59)30(13-9-17-47-41(45)46)52-39(60)31(51-34(56)22-49-37(33)58)19-25-14-16-43(4)15-8-7-10-27(43)18-25/h5-8,10-12,14,16,18,21,30-33,35,48H,9,13,15,17,19-20,22-23H2,1-4H3,(H2,44,57)(H,49,58)(H,50,55)(H,51,56)(H,52,60)(H,53,59)(H,54,61)(H4,45,46,47)/t30-,31+,32-,33?,35+,43?/m0/s1. The average Bonchev–Trinajstić information content (AvgIpc) is 3.63. The molecule has 0 spiro atoms. The minimum absolute atomic E-state index is 0.000143. The number of guanidine groups is 1. The topological polar surface area (TPSA) is 298 Å². The van der Waals surface area contributed by atoms with Crippen molar-refractivity contribution in [3.8, 4) is 0 Å². The molecule has 13 N–H and O–H groups in total. The number of primary amides is 1. The fourth-order valence-electron chi connectivity index (χ4n) is 7.42. The van der Waals surface area contributed by atoms with Gasteiger partial charge in [-0.25, -0.2) is 0 Å². The second-order valence-electron chi connectivity index (χ2n) is 16.5. The fourth-order valence-corrected chi connectivity index (χ4v) is 10.3. The van der Waals surface area contributed by atoms with Gasteiger partial charge in [0.15, 0.2) is 5.96 Å². The van der Waals surface area contributed by atoms with E-state index in [9.17, 15) is 33.6 Å². The third-order valence-corrected chi connectivity index (χ3v) is 14.2. The van der Waals surface area contributed by atoms with Gasteiger partial charge in [0.1, 0.15) is 30.2 Å². The minimum Gasteiger partial charge on any atom is -0.370 e. The number of para-hydroxylation sites is 1. The number of H-pyrrole nitrogens is 1. The Morgan fingerprint density at radius 3 is 2.33 bits per heavy atom. The molecule has 63 heavy (non-hydrogen) atoms. The molecule has 2 heterocycles. The monoisotopic (exact) mass is 903 g/mol. The predicted molar refractivity (Wildman–Crippen MR) is 245 cm³/mol. The molecule has 2 aliphatic carbocycles. The Hall–Kier alpha value is -6.02. The molecule has 0 bridgehead atoms. The second kappa shape index (κ2) is 21.4. The van der Waals surface area contributed by atoms with E-state index in [0.29, 0.717) is 5.56 Å². The zero-order chi connectivity index (χ0) is 45.9. The number of nitrogens with one attached hydrogen (secondary N) is 7. The number of aromatic amines is 1. The summed E-state index contributed by atoms with van der Waals surface area (Å²) in [6, 6.07) is 1.23. The quantitative estimate of drug-likeness (QED) is 0.0688. The van der Waals surface area contributed by atoms with Gasteiger partial charge in [-0.15, -0.1) is 0 Å². The highest BCUT2D eigenvalue weighted by atomic mass is 33.1. The summed E-state index contributed by atoms with van der Waals surface area (Å²) in [6.07, 6.45) is 14.7. The molecule has 338 valence electrons. The highest BCUT2D eigenvalue weighted by Gasteiger charge is 2.39. The van der Waals surface area contributed by atoms with Gasteiger partial charge in [0, 0.05) is 59.3 Å². The summed E-state index contributed by atoms with van der Waals surface area (Å²) in [7, 11) is 2.29. The number of nitrogens with two attached hydrogens (primary N) is 3. The molecule has 1 fully saturated rings. The van der Waals surface area contributed by atoms with Crippen molar-refractivity contribution < 1.29 is 33.6 Å². The van der Waals surface area contributed by atoms with E-state index >= 15 is 0 Å². The molecule has 5 rings (SSSR count). The molecule has 3 aliphatic rings. The van der Waals surface area contributed by atoms with Crippen molar-refractivity contribution in [2.75, 3.05) is 18.8 Å². The first kappa shape index (κ1) is 48.0. The fraction of sp³-hybridized carbons (Fsp3) is 0.442. The van der Waals surface area contributed by atoms with Gasteiger partial charge in [0.2, 0.25) is 41.4 Å². The molecule has 20 heteroatoms. The van der Waals surface area contributed by atoms with Crippen LogP contribution in [0.1, 0.15) is 58.9 Å². The zero-order valence-electron chi connectivity index (χ0n) is 35.7. The van der Waals surface area contributed by atoms with Crippen molar-refractivity contribution in [1.82, 2.24) is 36.9 Å². The molecule has 2 aromatic rings. The molecule has 0 saturated carbocycles. The average molecular weight is 904 g/mol. The van der Waals surface area contributed by atoms with Gasteiger partial charge in [0.05, 0.1) is 6.54 Å². The van der Waals surface area contributed by atoms with Crippen LogP contribution in [0, 0.1) is 5.41 Å². The Bertz CT molecular complexity index is 2250. The predicted octanol–water partition coefficient (Wildman–Crippen LogP) is 0.762. The highest BCUT2D eigenvalue weighted by molar-refractivity contribution is 8.77. The molecule has 2 unspecified atom stereocenters. The number of allylic oxidation sites excluding steroid dienone is 7. The van der Waals surface area contributed by atoms with Crippen LogP contribution < -0.4 is 49.1 Å². The van der Waals surface area contributed by atoms with Crippen molar-refractivity contribution >= 4 is 79.8 Å². The highest BCUT2D eigenvalue weighted by Crippen LogP contribution is 2.41. The Morgan fingerprint density at radius 1 is 0.905 bits per heavy atom. The van der Waals surface area contributed by atoms with Gasteiger partial charge < -0.3 is 54.1 Å². The van der Waals surface area contributed by atoms with Gasteiger partial charge >= 0.3 is 0 Å². The van der Waals surface area contributed by atoms with Gasteiger partial charge in [-0.2, -0.15) is 0 Å². The summed E-state index contributed by atoms with van der Waals surface area (Å²) in [6.45, 7) is 6.27. The number of hydrogen-bond acceptors (Lipinski definition) is 10. The zero-order valence-corrected chi connectivity index (χ0v) is 37.4. The molecule has 1 aromatic carbocycles. The van der Waals surface area contributed by atoms with Gasteiger partial charge in [0.25, 0.3) is 0 Å². The molecule has 1 aromatic heterocycles. The summed E-state index contributed by atoms with van der Waals surface area (Å²) < 4.78 is -1.10. The number of rotatable bonds is 10. The van der Waals surface area contributed by atoms with E-state index in [2.05, 4.69) is 54.9 Å². The van der Waals surface area contributed by atoms with E-state index in [4.69, 9.17) is 17.2 Å². The van der Waals surface area contributed by atoms with Crippen LogP contribution in [0.2, 0.25) is 0 Å². The van der Waals surface area contributed by atoms with Crippen LogP contribution >= 0.6 is 21.6 Å². The minimum atomic E-state index is -1.29. The molecular formula is C43H57N11O7S2. The number of aliphatic imine (C=N–C) groups is 1. The lowest BCUT2D eigenvalue weighted by Crippen LogP contribution is -2.61. The Kier molecular flexibility index (Phi) is 16.3. The Labute approximate surface area is 373 Å². The third kappa shape index (κ3) is 13.2. The lowest BCUT2D eigenvalue weighted by Gasteiger charge is -2.33. The molecule has 7 amide bonds. The molecule has 18 nitrogen and oxygen atoms in total. The molecule has 0 radical (unpaired) electrons. The van der Waals surface area contributed by atoms with Gasteiger partial charge in [-0.1, -0.05) is 83.2 Å². The number of fused-ring (bicyclic) bond motifs is 2. The number of hydrogen-bond donors (Lipinski definition) is 10. The van der Waals surface area contributed by atoms with Crippen molar-refractivity contribution in [3.05, 3.63) is 83.6 Å². The third-order valence-electron chi connectivity index (χ3n) is 10.9. The van der Waals surface area contributed by atoms with Crippen molar-refractivity contribution in [1.29, 1.82) is 0 Å². The van der Waals surface area contributed by atoms with Crippen LogP contribution in [0.25, 0.3) is 10.9 Å². The smallest absolute Gasteiger partial charge is 0.243 e. The van der Waals surface area contributed by atoms with E-state index in [1.165, 1.54) is 6.92 Å². The maximum Gasteiger partial charge on any atom is 0.243 e. The van der Waals surface area contributed by atoms with E-state index in [-0.39, 0.29) is 49.4 Å². The van der Waals surface area contributed by atoms with Crippen LogP contribution in [0.5, 0.6) is 0 Å². The number of benzene rings is 1. The number of amides is 7. The SMILES string of the molecule is CC(=O)NC1CSSC(C)(C)[C@@H](C(N)=O)NC(=O)[C@H](Cc2c[nH]c3ccccc23)NC(=O)[C@H](CCCN=C(N)N)NC(=O)[C@@H](CC2=CC3=CC=CCC3(C)C=C2)NC(=O)CNC1=O. The first-order chi connectivity index (χ1) is 29.8. The maximum atomic E-state index is 14.5. The van der Waals surface area contributed by atoms with Crippen molar-refractivity contribution in [2.24, 2.45) is 27.6 Å². The number of carbonyl (C=O) groups excluding carboxylic acids is 7. The van der Waals surface area contributed by atoms with Crippen LogP contribution in [0.4, 0.5) is 0 Å². The second-order valence-corrected chi connectivity index (χ2v) is 19.5. The summed E-state index contributed by atoms with van der Waals surface area (Å²) in [5.41, 5.74) is 20.0. The molecule has 1 aliphatic heterocycles. The largest absolute Gasteiger partial charge is 0.370 e. The van der Waals surface area contributed by atoms with Gasteiger partial charge in [-0.05, 0) is 55.9 Å². The normalized spacial score (nSPS) is 26.0. The lowest BCUT2D eigenvalue weighted by molar-refractivity contribution is -0.134. The molecule has 6 atom stereocenters. The van der Waals surface area contributed by atoms with Crippen LogP contribution in [0.3, 0.4) is 0 Å². The Balaban J connectivity index is 1.53. The summed E-state index contributed by atoms with van der Waals surface area (Å²) >= 11 is 0. The van der Waals surface area contributed by atoms with Crippen LogP contribution in [0.15, 0.2) is 83.1 Å². The van der Waals surface area contributed by atoms with E-state index in [1.54, 1.807) is 20.0 Å². The van der Waals surface area contributed by atoms with Crippen molar-refractivity contribution in [2.45, 2.75) is 94.8 Å². The van der Waals surface area contributed by atoms with Crippen LogP contribution in [-0.2, 0) is 40.0 Å². The van der Waals surface area contributed by atoms with E-state index in [0.717, 1.165) is 50.1 Å².